The Bertz CT molecular complexity index is 3680. The summed E-state index contributed by atoms with van der Waals surface area (Å²) in [6.07, 6.45) is 0. The number of nitrogens with one attached hydrogen (secondary N) is 2. The van der Waals surface area contributed by atoms with Crippen molar-refractivity contribution in [1.82, 2.24) is 19.9 Å². The molecule has 0 amide bonds. The summed E-state index contributed by atoms with van der Waals surface area (Å²) in [5.74, 6) is 5.63. The Labute approximate surface area is 524 Å². The van der Waals surface area contributed by atoms with Gasteiger partial charge in [-0.1, -0.05) is 109 Å². The molecule has 90 heavy (non-hydrogen) atoms. The maximum atomic E-state index is 6.22. The largest absolute Gasteiger partial charge is 0.497 e. The molecule has 12 aromatic rings. The number of aromatic nitrogens is 4. The van der Waals surface area contributed by atoms with Gasteiger partial charge in [0.05, 0.1) is 79.7 Å². The molecule has 12 heteroatoms. The predicted molar refractivity (Wildman–Crippen MR) is 350 cm³/mol. The average molecular weight is 1190 g/mol. The Hall–Kier alpha value is -11.0. The molecule has 0 aliphatic carbocycles. The summed E-state index contributed by atoms with van der Waals surface area (Å²) in [6, 6.07) is 88.0. The van der Waals surface area contributed by atoms with Gasteiger partial charge in [0, 0.05) is 22.8 Å². The lowest BCUT2D eigenvalue weighted by atomic mass is 9.67. The molecule has 8 aromatic carbocycles. The van der Waals surface area contributed by atoms with Gasteiger partial charge in [-0.3, -0.25) is 9.97 Å². The van der Waals surface area contributed by atoms with Crippen molar-refractivity contribution in [2.75, 3.05) is 56.9 Å². The fraction of sp³-hybridized carbons (Fsp3) is 0.154. The minimum absolute atomic E-state index is 0.704. The van der Waals surface area contributed by atoms with Gasteiger partial charge in [0.15, 0.2) is 0 Å². The van der Waals surface area contributed by atoms with E-state index in [1.165, 1.54) is 0 Å². The number of aromatic amines is 2. The summed E-state index contributed by atoms with van der Waals surface area (Å²) in [4.78, 5) is 21.0. The van der Waals surface area contributed by atoms with Crippen molar-refractivity contribution >= 4 is 0 Å². The summed E-state index contributed by atoms with van der Waals surface area (Å²) in [6.45, 7) is 0. The van der Waals surface area contributed by atoms with E-state index in [9.17, 15) is 0 Å². The third-order valence-electron chi connectivity index (χ3n) is 18.2. The van der Waals surface area contributed by atoms with Crippen LogP contribution in [0.2, 0.25) is 0 Å². The SMILES string of the molecule is COc1ccc(C2(c3ccc(OC)cc3)c3cccc(n3)C(c3ccc(OC)cc3)(c3ccc(OC)cc3)c3ccc([nH]3)C(c3ccc(OC)cc3)(c3ccc(OC)cc3)c3cccc(n3)C(c3ccc(OC)cc3)(c3ccc(OC)cc3)c3ccc2[nH]3)cc1. The smallest absolute Gasteiger partial charge is 0.118 e. The summed E-state index contributed by atoms with van der Waals surface area (Å²) < 4.78 is 47.2. The maximum absolute atomic E-state index is 6.22. The van der Waals surface area contributed by atoms with E-state index in [1.54, 1.807) is 56.9 Å². The Morgan fingerprint density at radius 3 is 0.478 bits per heavy atom. The van der Waals surface area contributed by atoms with Gasteiger partial charge >= 0.3 is 0 Å². The Morgan fingerprint density at radius 1 is 0.200 bits per heavy atom. The number of H-pyrrole nitrogens is 2. The number of rotatable bonds is 16. The number of benzene rings is 8. The number of pyridine rings is 2. The monoisotopic (exact) mass is 1190 g/mol. The zero-order chi connectivity index (χ0) is 62.0. The normalized spacial score (nSPS) is 14.1. The Morgan fingerprint density at radius 2 is 0.344 bits per heavy atom. The Kier molecular flexibility index (Phi) is 15.4. The van der Waals surface area contributed by atoms with Crippen molar-refractivity contribution in [2.45, 2.75) is 21.7 Å². The number of hydrogen-bond acceptors (Lipinski definition) is 10. The average Bonchev–Trinajstić information content (AvgIpc) is 1.33. The lowest BCUT2D eigenvalue weighted by Crippen LogP contribution is -2.38. The second-order valence-electron chi connectivity index (χ2n) is 22.2. The molecule has 0 unspecified atom stereocenters. The fourth-order valence-electron chi connectivity index (χ4n) is 13.7. The van der Waals surface area contributed by atoms with Crippen molar-refractivity contribution in [2.24, 2.45) is 0 Å². The van der Waals surface area contributed by atoms with E-state index in [2.05, 4.69) is 168 Å². The van der Waals surface area contributed by atoms with E-state index in [0.717, 1.165) is 90.1 Å². The van der Waals surface area contributed by atoms with Crippen LogP contribution in [-0.4, -0.2) is 76.8 Å². The Balaban J connectivity index is 1.27. The van der Waals surface area contributed by atoms with E-state index in [-0.39, 0.29) is 0 Å². The molecular formula is C78H68N4O8. The highest BCUT2D eigenvalue weighted by Crippen LogP contribution is 2.54. The molecule has 0 saturated carbocycles. The minimum Gasteiger partial charge on any atom is -0.497 e. The molecule has 8 bridgehead atoms. The van der Waals surface area contributed by atoms with Crippen molar-refractivity contribution in [3.63, 3.8) is 0 Å². The molecule has 0 atom stereocenters. The second kappa shape index (κ2) is 23.9. The first-order valence-corrected chi connectivity index (χ1v) is 29.7. The molecule has 448 valence electrons. The van der Waals surface area contributed by atoms with Crippen molar-refractivity contribution < 1.29 is 37.9 Å². The van der Waals surface area contributed by atoms with Crippen LogP contribution >= 0.6 is 0 Å². The van der Waals surface area contributed by atoms with Crippen LogP contribution in [0, 0.1) is 0 Å². The molecule has 0 fully saturated rings. The highest BCUT2D eigenvalue weighted by atomic mass is 16.5. The van der Waals surface area contributed by atoms with E-state index in [0.29, 0.717) is 46.0 Å². The summed E-state index contributed by atoms with van der Waals surface area (Å²) in [5.41, 5.74) is 8.68. The van der Waals surface area contributed by atoms with Gasteiger partial charge in [0.2, 0.25) is 0 Å². The van der Waals surface area contributed by atoms with Crippen LogP contribution in [-0.2, 0) is 21.7 Å². The molecule has 13 rings (SSSR count). The highest BCUT2D eigenvalue weighted by Gasteiger charge is 2.50. The molecule has 0 saturated heterocycles. The second-order valence-corrected chi connectivity index (χ2v) is 22.2. The van der Waals surface area contributed by atoms with Gasteiger partial charge in [-0.25, -0.2) is 0 Å². The van der Waals surface area contributed by atoms with Gasteiger partial charge in [0.1, 0.15) is 67.7 Å². The topological polar surface area (TPSA) is 131 Å². The van der Waals surface area contributed by atoms with Gasteiger partial charge in [-0.05, 0) is 190 Å². The predicted octanol–water partition coefficient (Wildman–Crippen LogP) is 15.0. The number of fused-ring (bicyclic) bond motifs is 8. The van der Waals surface area contributed by atoms with Crippen LogP contribution in [0.15, 0.2) is 255 Å². The first-order chi connectivity index (χ1) is 44.1. The fourth-order valence-corrected chi connectivity index (χ4v) is 13.7. The first-order valence-electron chi connectivity index (χ1n) is 29.7. The van der Waals surface area contributed by atoms with Gasteiger partial charge < -0.3 is 47.9 Å². The van der Waals surface area contributed by atoms with Crippen LogP contribution in [0.4, 0.5) is 0 Å². The van der Waals surface area contributed by atoms with E-state index in [1.807, 2.05) is 97.1 Å². The van der Waals surface area contributed by atoms with Crippen molar-refractivity contribution in [1.29, 1.82) is 0 Å². The first kappa shape index (κ1) is 58.1. The van der Waals surface area contributed by atoms with E-state index >= 15 is 0 Å². The molecule has 2 N–H and O–H groups in total. The molecule has 0 radical (unpaired) electrons. The summed E-state index contributed by atoms with van der Waals surface area (Å²) in [5, 5.41) is 0. The molecule has 5 heterocycles. The molecular weight excluding hydrogens is 1120 g/mol. The van der Waals surface area contributed by atoms with Gasteiger partial charge in [-0.15, -0.1) is 0 Å². The van der Waals surface area contributed by atoms with Crippen LogP contribution < -0.4 is 37.9 Å². The van der Waals surface area contributed by atoms with E-state index < -0.39 is 21.7 Å². The third-order valence-corrected chi connectivity index (χ3v) is 18.2. The van der Waals surface area contributed by atoms with Gasteiger partial charge in [-0.2, -0.15) is 0 Å². The quantitative estimate of drug-likeness (QED) is 0.0964. The van der Waals surface area contributed by atoms with Gasteiger partial charge in [0.25, 0.3) is 0 Å². The third kappa shape index (κ3) is 9.28. The summed E-state index contributed by atoms with van der Waals surface area (Å²) in [7, 11) is 13.5. The lowest BCUT2D eigenvalue weighted by molar-refractivity contribution is 0.414. The lowest BCUT2D eigenvalue weighted by Gasteiger charge is -2.40. The molecule has 12 nitrogen and oxygen atoms in total. The number of nitrogens with zero attached hydrogens (tertiary/aromatic N) is 2. The molecule has 1 aliphatic rings. The maximum Gasteiger partial charge on any atom is 0.118 e. The van der Waals surface area contributed by atoms with Crippen LogP contribution in [0.25, 0.3) is 0 Å². The molecule has 1 aliphatic heterocycles. The highest BCUT2D eigenvalue weighted by molar-refractivity contribution is 5.67. The summed E-state index contributed by atoms with van der Waals surface area (Å²) >= 11 is 0. The van der Waals surface area contributed by atoms with Crippen LogP contribution in [0.5, 0.6) is 46.0 Å². The zero-order valence-electron chi connectivity index (χ0n) is 51.4. The van der Waals surface area contributed by atoms with Crippen molar-refractivity contribution in [3.05, 3.63) is 345 Å². The van der Waals surface area contributed by atoms with Crippen LogP contribution in [0.3, 0.4) is 0 Å². The number of ether oxygens (including phenoxy) is 8. The molecule has 0 spiro atoms. The number of methoxy groups -OCH3 is 8. The standard InChI is InChI=1S/C78H68N4O8/c1-83-59-31-15-51(16-32-59)75(52-17-33-60(84-2)34-18-52)67-11-9-12-68(79-67)76(53-19-35-61(85-3)36-20-53,54-21-37-62(86-4)38-22-54)73-49-50-74(82-73)78(57-27-43-65(89-7)44-28-57,58-29-45-66(90-8)46-30-58)70-14-10-13-69(80-70)77(72-48-47-71(75)81-72,55-23-39-63(87-5)40-24-55)56-25-41-64(88-6)42-26-56/h9-50,81-82H,1-8H3. The van der Waals surface area contributed by atoms with Crippen molar-refractivity contribution in [3.8, 4) is 46.0 Å². The molecule has 4 aromatic heterocycles. The van der Waals surface area contributed by atoms with Crippen LogP contribution in [0.1, 0.15) is 90.1 Å². The zero-order valence-corrected chi connectivity index (χ0v) is 51.4. The minimum atomic E-state index is -1.20. The van der Waals surface area contributed by atoms with E-state index in [4.69, 9.17) is 47.9 Å². The number of hydrogen-bond donors (Lipinski definition) is 2.